The van der Waals surface area contributed by atoms with E-state index >= 15 is 0 Å². The van der Waals surface area contributed by atoms with Crippen molar-refractivity contribution in [3.63, 3.8) is 0 Å². The standard InChI is InChI=1S/C11H20N4O/c1-5-8(9-13-6-7-14-9)15-10(16)11(2,3)12-4/h6-8,12H,5H2,1-4H3,(H,13,14)(H,15,16). The van der Waals surface area contributed by atoms with E-state index in [9.17, 15) is 4.79 Å². The quantitative estimate of drug-likeness (QED) is 0.698. The van der Waals surface area contributed by atoms with Crippen molar-refractivity contribution in [1.29, 1.82) is 0 Å². The van der Waals surface area contributed by atoms with Gasteiger partial charge < -0.3 is 15.6 Å². The van der Waals surface area contributed by atoms with Crippen LogP contribution < -0.4 is 10.6 Å². The smallest absolute Gasteiger partial charge is 0.240 e. The minimum Gasteiger partial charge on any atom is -0.347 e. The number of hydrogen-bond donors (Lipinski definition) is 3. The highest BCUT2D eigenvalue weighted by Crippen LogP contribution is 2.13. The van der Waals surface area contributed by atoms with Gasteiger partial charge in [-0.1, -0.05) is 6.92 Å². The van der Waals surface area contributed by atoms with Gasteiger partial charge in [0.2, 0.25) is 5.91 Å². The number of nitrogens with zero attached hydrogens (tertiary/aromatic N) is 1. The molecule has 1 atom stereocenters. The number of rotatable bonds is 5. The van der Waals surface area contributed by atoms with Crippen molar-refractivity contribution < 1.29 is 4.79 Å². The number of aromatic amines is 1. The molecule has 0 aliphatic carbocycles. The van der Waals surface area contributed by atoms with E-state index < -0.39 is 5.54 Å². The summed E-state index contributed by atoms with van der Waals surface area (Å²) in [4.78, 5) is 19.1. The second kappa shape index (κ2) is 5.12. The van der Waals surface area contributed by atoms with Gasteiger partial charge in [-0.05, 0) is 27.3 Å². The lowest BCUT2D eigenvalue weighted by Crippen LogP contribution is -2.51. The molecule has 1 unspecified atom stereocenters. The number of likely N-dealkylation sites (N-methyl/N-ethyl adjacent to an activating group) is 1. The van der Waals surface area contributed by atoms with Gasteiger partial charge in [0, 0.05) is 12.4 Å². The van der Waals surface area contributed by atoms with Gasteiger partial charge in [0.1, 0.15) is 5.82 Å². The first kappa shape index (κ1) is 12.7. The van der Waals surface area contributed by atoms with Crippen LogP contribution in [0.5, 0.6) is 0 Å². The van der Waals surface area contributed by atoms with Crippen LogP contribution in [0.2, 0.25) is 0 Å². The van der Waals surface area contributed by atoms with Crippen LogP contribution in [-0.4, -0.2) is 28.5 Å². The van der Waals surface area contributed by atoms with E-state index in [-0.39, 0.29) is 11.9 Å². The highest BCUT2D eigenvalue weighted by molar-refractivity contribution is 5.85. The lowest BCUT2D eigenvalue weighted by Gasteiger charge is -2.25. The number of aromatic nitrogens is 2. The Morgan fingerprint density at radius 2 is 2.31 bits per heavy atom. The predicted molar refractivity (Wildman–Crippen MR) is 62.9 cm³/mol. The topological polar surface area (TPSA) is 69.8 Å². The monoisotopic (exact) mass is 224 g/mol. The molecule has 5 heteroatoms. The van der Waals surface area contributed by atoms with Crippen LogP contribution in [0.4, 0.5) is 0 Å². The van der Waals surface area contributed by atoms with Gasteiger partial charge in [0.05, 0.1) is 11.6 Å². The van der Waals surface area contributed by atoms with Crippen LogP contribution in [0.25, 0.3) is 0 Å². The molecular formula is C11H20N4O. The Balaban J connectivity index is 2.68. The van der Waals surface area contributed by atoms with Crippen molar-refractivity contribution in [3.8, 4) is 0 Å². The molecule has 1 aromatic rings. The van der Waals surface area contributed by atoms with E-state index in [0.29, 0.717) is 0 Å². The summed E-state index contributed by atoms with van der Waals surface area (Å²) in [7, 11) is 1.77. The van der Waals surface area contributed by atoms with E-state index in [1.54, 1.807) is 19.4 Å². The molecule has 3 N–H and O–H groups in total. The fourth-order valence-corrected chi connectivity index (χ4v) is 1.28. The second-order valence-electron chi connectivity index (χ2n) is 4.28. The average molecular weight is 224 g/mol. The van der Waals surface area contributed by atoms with Gasteiger partial charge >= 0.3 is 0 Å². The van der Waals surface area contributed by atoms with Crippen molar-refractivity contribution in [2.75, 3.05) is 7.05 Å². The first-order valence-corrected chi connectivity index (χ1v) is 5.50. The van der Waals surface area contributed by atoms with Gasteiger partial charge in [-0.3, -0.25) is 4.79 Å². The SMILES string of the molecule is CCC(NC(=O)C(C)(C)NC)c1ncc[nH]1. The number of hydrogen-bond acceptors (Lipinski definition) is 3. The highest BCUT2D eigenvalue weighted by Gasteiger charge is 2.27. The number of carbonyl (C=O) groups excluding carboxylic acids is 1. The highest BCUT2D eigenvalue weighted by atomic mass is 16.2. The third kappa shape index (κ3) is 2.82. The van der Waals surface area contributed by atoms with E-state index in [2.05, 4.69) is 20.6 Å². The summed E-state index contributed by atoms with van der Waals surface area (Å²) in [5.74, 6) is 0.765. The molecule has 0 fully saturated rings. The number of imidazole rings is 1. The fraction of sp³-hybridized carbons (Fsp3) is 0.636. The number of amides is 1. The van der Waals surface area contributed by atoms with E-state index in [1.165, 1.54) is 0 Å². The van der Waals surface area contributed by atoms with Gasteiger partial charge in [-0.2, -0.15) is 0 Å². The fourth-order valence-electron chi connectivity index (χ4n) is 1.28. The van der Waals surface area contributed by atoms with Crippen molar-refractivity contribution in [3.05, 3.63) is 18.2 Å². The van der Waals surface area contributed by atoms with E-state index in [1.807, 2.05) is 20.8 Å². The van der Waals surface area contributed by atoms with Crippen molar-refractivity contribution in [2.45, 2.75) is 38.8 Å². The molecule has 0 aliphatic heterocycles. The number of H-pyrrole nitrogens is 1. The van der Waals surface area contributed by atoms with Crippen LogP contribution in [-0.2, 0) is 4.79 Å². The Hall–Kier alpha value is -1.36. The zero-order valence-corrected chi connectivity index (χ0v) is 10.3. The molecule has 0 bridgehead atoms. The van der Waals surface area contributed by atoms with Crippen LogP contribution >= 0.6 is 0 Å². The van der Waals surface area contributed by atoms with Gasteiger partial charge in [0.15, 0.2) is 0 Å². The van der Waals surface area contributed by atoms with Crippen LogP contribution in [0.15, 0.2) is 12.4 Å². The zero-order chi connectivity index (χ0) is 12.2. The van der Waals surface area contributed by atoms with Gasteiger partial charge in [-0.15, -0.1) is 0 Å². The first-order valence-electron chi connectivity index (χ1n) is 5.50. The lowest BCUT2D eigenvalue weighted by atomic mass is 10.0. The van der Waals surface area contributed by atoms with Crippen molar-refractivity contribution in [2.24, 2.45) is 0 Å². The first-order chi connectivity index (χ1) is 7.51. The molecule has 1 amide bonds. The summed E-state index contributed by atoms with van der Waals surface area (Å²) in [5.41, 5.74) is -0.569. The lowest BCUT2D eigenvalue weighted by molar-refractivity contribution is -0.127. The maximum Gasteiger partial charge on any atom is 0.240 e. The van der Waals surface area contributed by atoms with Crippen LogP contribution in [0.3, 0.4) is 0 Å². The number of nitrogens with one attached hydrogen (secondary N) is 3. The largest absolute Gasteiger partial charge is 0.347 e. The minimum absolute atomic E-state index is 0.0294. The predicted octanol–water partition coefficient (Wildman–Crippen LogP) is 0.975. The molecule has 0 aromatic carbocycles. The average Bonchev–Trinajstić information content (AvgIpc) is 2.78. The number of carbonyl (C=O) groups is 1. The molecule has 0 radical (unpaired) electrons. The Morgan fingerprint density at radius 1 is 1.62 bits per heavy atom. The summed E-state index contributed by atoms with van der Waals surface area (Å²) in [6.45, 7) is 5.70. The van der Waals surface area contributed by atoms with Crippen molar-refractivity contribution >= 4 is 5.91 Å². The molecule has 90 valence electrons. The molecule has 1 rings (SSSR count). The Morgan fingerprint density at radius 3 is 2.75 bits per heavy atom. The maximum absolute atomic E-state index is 11.9. The molecule has 0 saturated carbocycles. The Bertz CT molecular complexity index is 332. The zero-order valence-electron chi connectivity index (χ0n) is 10.3. The molecular weight excluding hydrogens is 204 g/mol. The molecule has 0 saturated heterocycles. The molecule has 1 aromatic heterocycles. The summed E-state index contributed by atoms with van der Waals surface area (Å²) in [5, 5.41) is 5.94. The summed E-state index contributed by atoms with van der Waals surface area (Å²) < 4.78 is 0. The van der Waals surface area contributed by atoms with E-state index in [0.717, 1.165) is 12.2 Å². The van der Waals surface area contributed by atoms with Gasteiger partial charge in [0.25, 0.3) is 0 Å². The van der Waals surface area contributed by atoms with Crippen LogP contribution in [0, 0.1) is 0 Å². The summed E-state index contributed by atoms with van der Waals surface area (Å²) in [6, 6.07) is -0.0601. The second-order valence-corrected chi connectivity index (χ2v) is 4.28. The molecule has 16 heavy (non-hydrogen) atoms. The summed E-state index contributed by atoms with van der Waals surface area (Å²) in [6.07, 6.45) is 4.25. The minimum atomic E-state index is -0.569. The normalized spacial score (nSPS) is 13.5. The third-order valence-corrected chi connectivity index (χ3v) is 2.76. The molecule has 5 nitrogen and oxygen atoms in total. The van der Waals surface area contributed by atoms with Gasteiger partial charge in [-0.25, -0.2) is 4.98 Å². The van der Waals surface area contributed by atoms with E-state index in [4.69, 9.17) is 0 Å². The maximum atomic E-state index is 11.9. The molecule has 1 heterocycles. The van der Waals surface area contributed by atoms with Crippen molar-refractivity contribution in [1.82, 2.24) is 20.6 Å². The summed E-state index contributed by atoms with van der Waals surface area (Å²) >= 11 is 0. The van der Waals surface area contributed by atoms with Crippen LogP contribution in [0.1, 0.15) is 39.1 Å². The Labute approximate surface area is 96.0 Å². The molecule has 0 aliphatic rings. The Kier molecular flexibility index (Phi) is 4.06. The third-order valence-electron chi connectivity index (χ3n) is 2.76. The molecule has 0 spiro atoms.